The van der Waals surface area contributed by atoms with Gasteiger partial charge in [0.2, 0.25) is 0 Å². The minimum atomic E-state index is -1.07. The Bertz CT molecular complexity index is 2510. The first-order valence-corrected chi connectivity index (χ1v) is 24.2. The van der Waals surface area contributed by atoms with Crippen molar-refractivity contribution in [2.45, 2.75) is 152 Å². The van der Waals surface area contributed by atoms with E-state index < -0.39 is 17.9 Å². The molecule has 3 aromatic heterocycles. The Balaban J connectivity index is 0.00000793. The molecule has 3 aliphatic rings. The predicted molar refractivity (Wildman–Crippen MR) is 266 cm³/mol. The largest absolute Gasteiger partial charge is 2.00 e. The van der Waals surface area contributed by atoms with E-state index in [-0.39, 0.29) is 59.6 Å². The third-order valence-electron chi connectivity index (χ3n) is 14.5. The van der Waals surface area contributed by atoms with E-state index in [0.717, 1.165) is 92.6 Å². The predicted octanol–water partition coefficient (Wildman–Crippen LogP) is 8.66. The molecule has 0 amide bonds. The second-order valence-corrected chi connectivity index (χ2v) is 19.6. The zero-order valence-corrected chi connectivity index (χ0v) is 42.8. The average Bonchev–Trinajstić information content (AvgIpc) is 3.99. The van der Waals surface area contributed by atoms with Gasteiger partial charge in [-0.2, -0.15) is 5.70 Å². The zero-order chi connectivity index (χ0) is 46.4. The van der Waals surface area contributed by atoms with E-state index >= 15 is 0 Å². The molecule has 8 bridgehead atoms. The van der Waals surface area contributed by atoms with Gasteiger partial charge in [-0.15, -0.1) is 33.1 Å². The summed E-state index contributed by atoms with van der Waals surface area (Å²) >= 11 is 0. The number of esters is 2. The number of nitrogens with zero attached hydrogens (tertiary/aromatic N) is 4. The van der Waals surface area contributed by atoms with E-state index in [1.54, 1.807) is 0 Å². The van der Waals surface area contributed by atoms with Crippen molar-refractivity contribution in [1.82, 2.24) is 15.0 Å². The second kappa shape index (κ2) is 23.0. The van der Waals surface area contributed by atoms with Gasteiger partial charge in [-0.05, 0) is 94.6 Å². The Hall–Kier alpha value is -4.15. The van der Waals surface area contributed by atoms with E-state index in [1.807, 2.05) is 44.2 Å². The van der Waals surface area contributed by atoms with Crippen LogP contribution in [0.3, 0.4) is 0 Å². The summed E-state index contributed by atoms with van der Waals surface area (Å²) < 4.78 is 11.1. The van der Waals surface area contributed by atoms with Gasteiger partial charge in [-0.3, -0.25) is 9.59 Å². The molecule has 1 N–H and O–H groups in total. The van der Waals surface area contributed by atoms with Crippen LogP contribution >= 0.6 is 0 Å². The number of aliphatic hydroxyl groups excluding tert-OH is 1. The van der Waals surface area contributed by atoms with Crippen molar-refractivity contribution in [3.05, 3.63) is 95.4 Å². The molecule has 0 aromatic carbocycles. The number of ether oxygens (including phenoxy) is 2. The van der Waals surface area contributed by atoms with Gasteiger partial charge < -0.3 is 34.8 Å². The Morgan fingerprint density at radius 1 is 0.846 bits per heavy atom. The number of carbonyl (C=O) groups excluding carboxylic acids is 2. The Kier molecular flexibility index (Phi) is 18.4. The summed E-state index contributed by atoms with van der Waals surface area (Å²) in [6.07, 6.45) is 22.6. The molecule has 0 saturated carbocycles. The topological polar surface area (TPSA) is 129 Å². The number of hydrogen-bond acceptors (Lipinski definition) is 5. The molecule has 10 heteroatoms. The first-order valence-electron chi connectivity index (χ1n) is 24.2. The van der Waals surface area contributed by atoms with E-state index in [9.17, 15) is 14.7 Å². The van der Waals surface area contributed by atoms with Gasteiger partial charge in [0.25, 0.3) is 0 Å². The van der Waals surface area contributed by atoms with Crippen molar-refractivity contribution < 1.29 is 24.2 Å². The van der Waals surface area contributed by atoms with Crippen molar-refractivity contribution in [3.63, 3.8) is 0 Å². The summed E-state index contributed by atoms with van der Waals surface area (Å²) in [6, 6.07) is -0.573. The maximum Gasteiger partial charge on any atom is 2.00 e. The third kappa shape index (κ3) is 11.7. The fraction of sp³-hybridized carbons (Fsp3) is 0.564. The van der Waals surface area contributed by atoms with E-state index in [1.165, 1.54) is 57.6 Å². The fourth-order valence-electron chi connectivity index (χ4n) is 10.4. The van der Waals surface area contributed by atoms with Crippen LogP contribution in [-0.2, 0) is 25.5 Å². The Labute approximate surface area is 404 Å². The number of rotatable bonds is 20. The molecule has 9 nitrogen and oxygen atoms in total. The molecule has 1 unspecified atom stereocenters. The number of methoxy groups -OCH3 is 1. The molecule has 5 heterocycles. The quantitative estimate of drug-likeness (QED) is 0.0679. The van der Waals surface area contributed by atoms with Gasteiger partial charge in [-0.25, -0.2) is 0 Å². The molecule has 1 aliphatic carbocycles. The van der Waals surface area contributed by atoms with Gasteiger partial charge in [0.1, 0.15) is 18.3 Å². The molecule has 2 aliphatic heterocycles. The minimum absolute atomic E-state index is 0. The molecule has 3 aromatic rings. The SMILES string of the molecule is C=Cc1c2[n-]c(c1C)/C=C1\[N-]C(C3=c4[n-]c(c(C)c4=C(O)[C@H]3C(=O)OC)/C=c3\[n-]/c(c(C)c3CC)=C\2)[C@@H](CCC(=O)OC/C=C(\C)CCC[C@@H](C)CCC[C@H](C)CCCC(C)C)[C@@H]1C.[Mg+2]. The van der Waals surface area contributed by atoms with Gasteiger partial charge >= 0.3 is 35.0 Å². The third-order valence-corrected chi connectivity index (χ3v) is 14.5. The smallest absolute Gasteiger partial charge is 0.681 e. The van der Waals surface area contributed by atoms with Crippen molar-refractivity contribution in [1.29, 1.82) is 0 Å². The number of aliphatic hydroxyl groups is 1. The molecular weight excluding hydrogens is 821 g/mol. The van der Waals surface area contributed by atoms with Crippen LogP contribution in [0, 0.1) is 56.3 Å². The normalized spacial score (nSPS) is 21.7. The summed E-state index contributed by atoms with van der Waals surface area (Å²) in [5.74, 6) is -0.00332. The van der Waals surface area contributed by atoms with Crippen molar-refractivity contribution in [2.24, 2.45) is 35.5 Å². The van der Waals surface area contributed by atoms with Crippen LogP contribution in [-0.4, -0.2) is 59.9 Å². The summed E-state index contributed by atoms with van der Waals surface area (Å²) in [4.78, 5) is 42.4. The van der Waals surface area contributed by atoms with Crippen LogP contribution in [0.5, 0.6) is 0 Å². The summed E-state index contributed by atoms with van der Waals surface area (Å²) in [7, 11) is 1.33. The van der Waals surface area contributed by atoms with Gasteiger partial charge in [0, 0.05) is 11.6 Å². The van der Waals surface area contributed by atoms with Crippen LogP contribution < -0.4 is 36.2 Å². The molecule has 0 spiro atoms. The van der Waals surface area contributed by atoms with Gasteiger partial charge in [0.15, 0.2) is 0 Å². The van der Waals surface area contributed by atoms with Crippen LogP contribution in [0.25, 0.3) is 41.0 Å². The Morgan fingerprint density at radius 3 is 2.14 bits per heavy atom. The number of fused-ring (bicyclic) bond motifs is 8. The van der Waals surface area contributed by atoms with Crippen molar-refractivity contribution in [2.75, 3.05) is 13.7 Å². The molecular formula is C55H74MgN4O5-2. The maximum atomic E-state index is 13.6. The Morgan fingerprint density at radius 2 is 1.49 bits per heavy atom. The molecule has 65 heavy (non-hydrogen) atoms. The monoisotopic (exact) mass is 895 g/mol. The number of hydrogen-bond donors (Lipinski definition) is 1. The van der Waals surface area contributed by atoms with Crippen LogP contribution in [0.1, 0.15) is 164 Å². The molecule has 6 atom stereocenters. The van der Waals surface area contributed by atoms with E-state index in [4.69, 9.17) is 29.7 Å². The number of carbonyl (C=O) groups is 2. The van der Waals surface area contributed by atoms with Crippen molar-refractivity contribution in [3.8, 4) is 0 Å². The summed E-state index contributed by atoms with van der Waals surface area (Å²) in [6.45, 7) is 26.2. The van der Waals surface area contributed by atoms with Gasteiger partial charge in [-0.1, -0.05) is 157 Å². The van der Waals surface area contributed by atoms with Crippen LogP contribution in [0.2, 0.25) is 0 Å². The van der Waals surface area contributed by atoms with Crippen LogP contribution in [0.15, 0.2) is 23.9 Å². The molecule has 1 saturated heterocycles. The summed E-state index contributed by atoms with van der Waals surface area (Å²) in [5, 5.41) is 20.0. The standard InChI is InChI=1S/C55H74N4O5.Mg/c1-13-39-35(8)42-28-44-37(10)41(24-25-48(60)64-27-26-34(7)23-17-22-33(6)21-16-20-32(5)19-15-18-31(3)4)52(58-44)50-51(55(62)63-12)54(61)49-38(11)45(59-53(49)50)30-47-40(14-2)36(9)43(57-47)29-46(39)56-42;/h13,26,28-33,37,41,51-52,61H,1,14-25,27H2,2-12H3;/q-4;+2/b34-26+,43-29-,44-28-,47-30-;/t32-,33+,37+,41+,51+,52?;/m1./s1. The first-order chi connectivity index (χ1) is 30.6. The second-order valence-electron chi connectivity index (χ2n) is 19.6. The molecule has 6 rings (SSSR count). The minimum Gasteiger partial charge on any atom is -0.681 e. The molecule has 0 radical (unpaired) electrons. The maximum absolute atomic E-state index is 13.6. The van der Waals surface area contributed by atoms with Crippen LogP contribution in [0.4, 0.5) is 0 Å². The fourth-order valence-corrected chi connectivity index (χ4v) is 10.4. The molecule has 1 fully saturated rings. The van der Waals surface area contributed by atoms with E-state index in [2.05, 4.69) is 62.0 Å². The zero-order valence-electron chi connectivity index (χ0n) is 41.4. The molecule has 348 valence electrons. The first kappa shape index (κ1) is 51.8. The summed E-state index contributed by atoms with van der Waals surface area (Å²) in [5.41, 5.74) is 9.73. The van der Waals surface area contributed by atoms with Gasteiger partial charge in [0.05, 0.1) is 7.11 Å². The van der Waals surface area contributed by atoms with Crippen molar-refractivity contribution >= 4 is 70.6 Å². The number of aromatic nitrogens is 3. The average molecular weight is 896 g/mol. The van der Waals surface area contributed by atoms with E-state index in [0.29, 0.717) is 28.3 Å². The number of allylic oxidation sites excluding steroid dienone is 2.